The molecular weight excluding hydrogens is 260 g/mol. The zero-order valence-corrected chi connectivity index (χ0v) is 12.1. The quantitative estimate of drug-likeness (QED) is 0.656. The Labute approximate surface area is 119 Å². The van der Waals surface area contributed by atoms with Gasteiger partial charge in [-0.15, -0.1) is 0 Å². The van der Waals surface area contributed by atoms with E-state index in [1.807, 2.05) is 12.1 Å². The highest BCUT2D eigenvalue weighted by Crippen LogP contribution is 2.25. The molecule has 3 N–H and O–H groups in total. The third kappa shape index (κ3) is 3.39. The fourth-order valence-corrected chi connectivity index (χ4v) is 2.69. The first kappa shape index (κ1) is 14.2. The van der Waals surface area contributed by atoms with Crippen molar-refractivity contribution in [3.63, 3.8) is 0 Å². The van der Waals surface area contributed by atoms with Crippen molar-refractivity contribution < 1.29 is 0 Å². The molecule has 1 heterocycles. The lowest BCUT2D eigenvalue weighted by molar-refractivity contribution is 0.258. The van der Waals surface area contributed by atoms with Crippen LogP contribution in [-0.4, -0.2) is 43.5 Å². The summed E-state index contributed by atoms with van der Waals surface area (Å²) in [6.45, 7) is 7.39. The second kappa shape index (κ2) is 6.26. The van der Waals surface area contributed by atoms with Gasteiger partial charge < -0.3 is 10.6 Å². The average Bonchev–Trinajstić information content (AvgIpc) is 2.39. The van der Waals surface area contributed by atoms with Gasteiger partial charge in [-0.3, -0.25) is 10.3 Å². The van der Waals surface area contributed by atoms with Crippen LogP contribution in [-0.2, 0) is 0 Å². The molecule has 0 amide bonds. The number of anilines is 1. The number of benzene rings is 1. The lowest BCUT2D eigenvalue weighted by atomic mass is 10.1. The average molecular weight is 281 g/mol. The van der Waals surface area contributed by atoms with Gasteiger partial charge in [0.1, 0.15) is 5.84 Å². The zero-order chi connectivity index (χ0) is 13.8. The number of piperazine rings is 1. The van der Waals surface area contributed by atoms with Crippen LogP contribution in [0.1, 0.15) is 18.9 Å². The van der Waals surface area contributed by atoms with Gasteiger partial charge in [-0.2, -0.15) is 0 Å². The molecule has 1 aliphatic heterocycles. The van der Waals surface area contributed by atoms with E-state index in [1.165, 1.54) is 6.42 Å². The van der Waals surface area contributed by atoms with E-state index in [0.29, 0.717) is 5.02 Å². The highest BCUT2D eigenvalue weighted by molar-refractivity contribution is 6.31. The zero-order valence-electron chi connectivity index (χ0n) is 11.3. The number of hydrogen-bond donors (Lipinski definition) is 2. The van der Waals surface area contributed by atoms with Crippen molar-refractivity contribution in [2.75, 3.05) is 37.6 Å². The lowest BCUT2D eigenvalue weighted by Gasteiger charge is -2.36. The van der Waals surface area contributed by atoms with E-state index in [9.17, 15) is 0 Å². The van der Waals surface area contributed by atoms with Crippen molar-refractivity contribution in [3.8, 4) is 0 Å². The summed E-state index contributed by atoms with van der Waals surface area (Å²) >= 11 is 6.07. The Morgan fingerprint density at radius 1 is 1.32 bits per heavy atom. The third-order valence-corrected chi connectivity index (χ3v) is 3.74. The van der Waals surface area contributed by atoms with Crippen LogP contribution >= 0.6 is 11.6 Å². The van der Waals surface area contributed by atoms with Gasteiger partial charge in [-0.05, 0) is 31.2 Å². The van der Waals surface area contributed by atoms with E-state index in [4.69, 9.17) is 22.7 Å². The maximum Gasteiger partial charge on any atom is 0.124 e. The molecule has 0 aliphatic carbocycles. The fraction of sp³-hybridized carbons (Fsp3) is 0.500. The Morgan fingerprint density at radius 3 is 2.58 bits per heavy atom. The van der Waals surface area contributed by atoms with E-state index >= 15 is 0 Å². The van der Waals surface area contributed by atoms with E-state index < -0.39 is 0 Å². The topological polar surface area (TPSA) is 56.4 Å². The Bertz CT molecular complexity index is 453. The van der Waals surface area contributed by atoms with E-state index in [0.717, 1.165) is 44.0 Å². The first-order valence-corrected chi connectivity index (χ1v) is 7.11. The first-order valence-electron chi connectivity index (χ1n) is 6.73. The molecule has 19 heavy (non-hydrogen) atoms. The molecule has 2 rings (SSSR count). The molecule has 1 aliphatic rings. The molecule has 1 saturated heterocycles. The largest absolute Gasteiger partial charge is 0.384 e. The van der Waals surface area contributed by atoms with E-state index in [-0.39, 0.29) is 5.84 Å². The van der Waals surface area contributed by atoms with Crippen LogP contribution in [0, 0.1) is 5.41 Å². The second-order valence-corrected chi connectivity index (χ2v) is 5.34. The predicted octanol–water partition coefficient (Wildman–Crippen LogP) is 2.16. The maximum absolute atomic E-state index is 7.67. The number of nitrogens with two attached hydrogens (primary N) is 1. The summed E-state index contributed by atoms with van der Waals surface area (Å²) < 4.78 is 0. The molecule has 0 unspecified atom stereocenters. The summed E-state index contributed by atoms with van der Waals surface area (Å²) in [5.74, 6) is 0.0997. The first-order chi connectivity index (χ1) is 9.11. The van der Waals surface area contributed by atoms with Crippen molar-refractivity contribution in [2.24, 2.45) is 5.73 Å². The number of nitrogen functional groups attached to an aromatic ring is 1. The van der Waals surface area contributed by atoms with E-state index in [1.54, 1.807) is 6.07 Å². The SMILES string of the molecule is CCCN1CCN(c2cc(Cl)ccc2C(=N)N)CC1. The number of hydrogen-bond acceptors (Lipinski definition) is 3. The fourth-order valence-electron chi connectivity index (χ4n) is 2.52. The number of nitrogens with zero attached hydrogens (tertiary/aromatic N) is 2. The summed E-state index contributed by atoms with van der Waals surface area (Å²) in [7, 11) is 0. The summed E-state index contributed by atoms with van der Waals surface area (Å²) in [4.78, 5) is 4.74. The standard InChI is InChI=1S/C14H21ClN4/c1-2-5-18-6-8-19(9-7-18)13-10-11(15)3-4-12(13)14(16)17/h3-4,10H,2,5-9H2,1H3,(H3,16,17). The normalized spacial score (nSPS) is 16.6. The molecule has 1 fully saturated rings. The third-order valence-electron chi connectivity index (χ3n) is 3.50. The van der Waals surface area contributed by atoms with Crippen LogP contribution in [0.3, 0.4) is 0 Å². The smallest absolute Gasteiger partial charge is 0.124 e. The van der Waals surface area contributed by atoms with Gasteiger partial charge in [-0.1, -0.05) is 18.5 Å². The van der Waals surface area contributed by atoms with Gasteiger partial charge >= 0.3 is 0 Å². The molecule has 4 nitrogen and oxygen atoms in total. The molecule has 104 valence electrons. The van der Waals surface area contributed by atoms with Gasteiger partial charge in [0, 0.05) is 42.5 Å². The van der Waals surface area contributed by atoms with Gasteiger partial charge in [-0.25, -0.2) is 0 Å². The molecule has 5 heteroatoms. The molecule has 0 atom stereocenters. The van der Waals surface area contributed by atoms with Crippen molar-refractivity contribution >= 4 is 23.1 Å². The summed E-state index contributed by atoms with van der Waals surface area (Å²) in [6, 6.07) is 5.53. The van der Waals surface area contributed by atoms with Crippen molar-refractivity contribution in [1.82, 2.24) is 4.90 Å². The summed E-state index contributed by atoms with van der Waals surface area (Å²) in [6.07, 6.45) is 1.19. The van der Waals surface area contributed by atoms with Crippen LogP contribution in [0.2, 0.25) is 5.02 Å². The van der Waals surface area contributed by atoms with Gasteiger partial charge in [0.2, 0.25) is 0 Å². The molecule has 0 spiro atoms. The van der Waals surface area contributed by atoms with Gasteiger partial charge in [0.05, 0.1) is 0 Å². The maximum atomic E-state index is 7.67. The van der Waals surface area contributed by atoms with Crippen molar-refractivity contribution in [2.45, 2.75) is 13.3 Å². The summed E-state index contributed by atoms with van der Waals surface area (Å²) in [5.41, 5.74) is 7.40. The predicted molar refractivity (Wildman–Crippen MR) is 81.4 cm³/mol. The molecular formula is C14H21ClN4. The highest BCUT2D eigenvalue weighted by Gasteiger charge is 2.19. The van der Waals surface area contributed by atoms with Crippen LogP contribution in [0.5, 0.6) is 0 Å². The number of nitrogens with one attached hydrogen (secondary N) is 1. The molecule has 0 saturated carbocycles. The van der Waals surface area contributed by atoms with Crippen LogP contribution < -0.4 is 10.6 Å². The minimum Gasteiger partial charge on any atom is -0.384 e. The Morgan fingerprint density at radius 2 is 2.00 bits per heavy atom. The van der Waals surface area contributed by atoms with Gasteiger partial charge in [0.25, 0.3) is 0 Å². The number of halogens is 1. The summed E-state index contributed by atoms with van der Waals surface area (Å²) in [5, 5.41) is 8.36. The van der Waals surface area contributed by atoms with Crippen LogP contribution in [0.4, 0.5) is 5.69 Å². The minimum atomic E-state index is 0.0997. The Balaban J connectivity index is 2.14. The second-order valence-electron chi connectivity index (χ2n) is 4.90. The molecule has 0 radical (unpaired) electrons. The molecule has 0 bridgehead atoms. The monoisotopic (exact) mass is 280 g/mol. The van der Waals surface area contributed by atoms with Crippen molar-refractivity contribution in [1.29, 1.82) is 5.41 Å². The number of amidine groups is 1. The Hall–Kier alpha value is -1.26. The van der Waals surface area contributed by atoms with E-state index in [2.05, 4.69) is 16.7 Å². The number of rotatable bonds is 4. The van der Waals surface area contributed by atoms with Crippen LogP contribution in [0.15, 0.2) is 18.2 Å². The molecule has 1 aromatic rings. The lowest BCUT2D eigenvalue weighted by Crippen LogP contribution is -2.47. The minimum absolute atomic E-state index is 0.0997. The highest BCUT2D eigenvalue weighted by atomic mass is 35.5. The molecule has 1 aromatic carbocycles. The molecule has 0 aromatic heterocycles. The Kier molecular flexibility index (Phi) is 4.66. The van der Waals surface area contributed by atoms with Crippen molar-refractivity contribution in [3.05, 3.63) is 28.8 Å². The van der Waals surface area contributed by atoms with Crippen LogP contribution in [0.25, 0.3) is 0 Å². The van der Waals surface area contributed by atoms with Gasteiger partial charge in [0.15, 0.2) is 0 Å².